The zero-order chi connectivity index (χ0) is 21.4. The van der Waals surface area contributed by atoms with Crippen LogP contribution in [0.1, 0.15) is 45.1 Å². The van der Waals surface area contributed by atoms with Crippen molar-refractivity contribution in [3.63, 3.8) is 0 Å². The van der Waals surface area contributed by atoms with Gasteiger partial charge in [0.05, 0.1) is 17.2 Å². The molecule has 1 unspecified atom stereocenters. The number of methoxy groups -OCH3 is 1. The molecule has 0 N–H and O–H groups in total. The smallest absolute Gasteiger partial charge is 0.377 e. The van der Waals surface area contributed by atoms with Gasteiger partial charge < -0.3 is 4.74 Å². The largest absolute Gasteiger partial charge is 0.417 e. The second kappa shape index (κ2) is 7.67. The molecule has 0 saturated carbocycles. The van der Waals surface area contributed by atoms with Gasteiger partial charge in [-0.25, -0.2) is 0 Å². The molecule has 29 heavy (non-hydrogen) atoms. The fraction of sp³-hybridized carbons (Fsp3) is 0.286. The molecule has 2 nitrogen and oxygen atoms in total. The van der Waals surface area contributed by atoms with Crippen LogP contribution < -0.4 is 0 Å². The van der Waals surface area contributed by atoms with Gasteiger partial charge in [0.2, 0.25) is 0 Å². The molecule has 0 aromatic heterocycles. The lowest BCUT2D eigenvalue weighted by Crippen LogP contribution is -2.14. The number of ketones is 1. The van der Waals surface area contributed by atoms with Crippen molar-refractivity contribution in [1.82, 2.24) is 0 Å². The predicted molar refractivity (Wildman–Crippen MR) is 94.3 cm³/mol. The molecule has 0 heterocycles. The molecule has 3 rings (SSSR count). The maximum Gasteiger partial charge on any atom is 0.417 e. The average molecular weight is 414 g/mol. The summed E-state index contributed by atoms with van der Waals surface area (Å²) in [6.07, 6.45) is -8.25. The lowest BCUT2D eigenvalue weighted by Gasteiger charge is -2.14. The Hall–Kier alpha value is -2.61. The van der Waals surface area contributed by atoms with Crippen LogP contribution >= 0.6 is 0 Å². The maximum absolute atomic E-state index is 13.5. The van der Waals surface area contributed by atoms with Crippen molar-refractivity contribution in [2.24, 2.45) is 0 Å². The summed E-state index contributed by atoms with van der Waals surface area (Å²) in [7, 11) is 1.55. The van der Waals surface area contributed by atoms with Gasteiger partial charge >= 0.3 is 12.4 Å². The number of hydrogen-bond donors (Lipinski definition) is 0. The predicted octanol–water partition coefficient (Wildman–Crippen LogP) is 6.17. The molecule has 154 valence electrons. The number of benzene rings is 2. The first-order valence-corrected chi connectivity index (χ1v) is 8.67. The van der Waals surface area contributed by atoms with Crippen molar-refractivity contribution in [1.29, 1.82) is 0 Å². The van der Waals surface area contributed by atoms with E-state index < -0.39 is 34.8 Å². The van der Waals surface area contributed by atoms with Crippen molar-refractivity contribution >= 4 is 11.4 Å². The van der Waals surface area contributed by atoms with Crippen LogP contribution in [0, 0.1) is 0 Å². The van der Waals surface area contributed by atoms with E-state index in [1.165, 1.54) is 12.1 Å². The Labute approximate surface area is 162 Å². The highest BCUT2D eigenvalue weighted by atomic mass is 19.4. The van der Waals surface area contributed by atoms with Gasteiger partial charge in [0.15, 0.2) is 5.78 Å². The summed E-state index contributed by atoms with van der Waals surface area (Å²) in [5.41, 5.74) is -1.65. The maximum atomic E-state index is 13.5. The number of carbonyl (C=O) groups excluding carboxylic acids is 1. The second-order valence-corrected chi connectivity index (χ2v) is 6.68. The summed E-state index contributed by atoms with van der Waals surface area (Å²) in [6, 6.07) is 7.37. The summed E-state index contributed by atoms with van der Waals surface area (Å²) < 4.78 is 84.4. The van der Waals surface area contributed by atoms with Crippen LogP contribution in [0.3, 0.4) is 0 Å². The number of aryl methyl sites for hydroxylation is 1. The van der Waals surface area contributed by atoms with E-state index in [0.717, 1.165) is 23.3 Å². The second-order valence-electron chi connectivity index (χ2n) is 6.68. The summed E-state index contributed by atoms with van der Waals surface area (Å²) in [5.74, 6) is -0.932. The van der Waals surface area contributed by atoms with E-state index in [0.29, 0.717) is 31.1 Å². The molecule has 0 aliphatic heterocycles. The summed E-state index contributed by atoms with van der Waals surface area (Å²) in [4.78, 5) is 12.5. The number of ether oxygens (including phenoxy) is 1. The Bertz CT molecular complexity index is 956. The first-order chi connectivity index (χ1) is 13.5. The number of allylic oxidation sites excluding steroid dienone is 2. The van der Waals surface area contributed by atoms with Crippen LogP contribution in [0.5, 0.6) is 0 Å². The van der Waals surface area contributed by atoms with E-state index in [9.17, 15) is 31.1 Å². The Balaban J connectivity index is 2.00. The SMILES string of the molecule is COC1CCc2cc(C(=O)C=C(c3cccc(C(F)(F)F)c3)C(F)(F)F)ccc21. The molecule has 0 radical (unpaired) electrons. The molecule has 1 aliphatic rings. The van der Waals surface area contributed by atoms with E-state index in [-0.39, 0.29) is 11.7 Å². The normalized spacial score (nSPS) is 17.3. The number of hydrogen-bond acceptors (Lipinski definition) is 2. The highest BCUT2D eigenvalue weighted by Gasteiger charge is 2.37. The Morgan fingerprint density at radius 3 is 2.38 bits per heavy atom. The molecule has 1 aliphatic carbocycles. The minimum Gasteiger partial charge on any atom is -0.377 e. The van der Waals surface area contributed by atoms with E-state index in [1.807, 2.05) is 0 Å². The highest BCUT2D eigenvalue weighted by Crippen LogP contribution is 2.38. The minimum absolute atomic E-state index is 0.0363. The van der Waals surface area contributed by atoms with Crippen molar-refractivity contribution in [2.75, 3.05) is 7.11 Å². The molecule has 8 heteroatoms. The number of halogens is 6. The van der Waals surface area contributed by atoms with Gasteiger partial charge in [-0.1, -0.05) is 24.3 Å². The monoisotopic (exact) mass is 414 g/mol. The minimum atomic E-state index is -5.00. The molecule has 2 aromatic rings. The Morgan fingerprint density at radius 2 is 1.76 bits per heavy atom. The quantitative estimate of drug-likeness (QED) is 0.340. The standard InChI is InChI=1S/C21H16F6O2/c1-29-19-8-6-12-9-14(5-7-16(12)19)18(28)11-17(21(25,26)27)13-3-2-4-15(10-13)20(22,23)24/h2-5,7,9-11,19H,6,8H2,1H3. The number of carbonyl (C=O) groups is 1. The lowest BCUT2D eigenvalue weighted by atomic mass is 9.98. The lowest BCUT2D eigenvalue weighted by molar-refractivity contribution is -0.137. The van der Waals surface area contributed by atoms with Gasteiger partial charge in [-0.2, -0.15) is 26.3 Å². The third-order valence-corrected chi connectivity index (χ3v) is 4.82. The Morgan fingerprint density at radius 1 is 1.03 bits per heavy atom. The number of alkyl halides is 6. The van der Waals surface area contributed by atoms with Gasteiger partial charge in [0.25, 0.3) is 0 Å². The third kappa shape index (κ3) is 4.53. The van der Waals surface area contributed by atoms with E-state index in [1.54, 1.807) is 13.2 Å². The van der Waals surface area contributed by atoms with Crippen molar-refractivity contribution in [2.45, 2.75) is 31.3 Å². The molecule has 0 amide bonds. The summed E-state index contributed by atoms with van der Waals surface area (Å²) >= 11 is 0. The van der Waals surface area contributed by atoms with E-state index in [4.69, 9.17) is 4.74 Å². The van der Waals surface area contributed by atoms with Gasteiger partial charge in [-0.15, -0.1) is 0 Å². The first-order valence-electron chi connectivity index (χ1n) is 8.67. The molecular formula is C21H16F6O2. The topological polar surface area (TPSA) is 26.3 Å². The third-order valence-electron chi connectivity index (χ3n) is 4.82. The molecule has 0 bridgehead atoms. The van der Waals surface area contributed by atoms with Crippen LogP contribution in [-0.4, -0.2) is 19.1 Å². The van der Waals surface area contributed by atoms with Gasteiger partial charge in [0.1, 0.15) is 0 Å². The van der Waals surface area contributed by atoms with Gasteiger partial charge in [0, 0.05) is 12.7 Å². The molecule has 1 atom stereocenters. The average Bonchev–Trinajstić information content (AvgIpc) is 3.06. The van der Waals surface area contributed by atoms with Crippen LogP contribution in [0.25, 0.3) is 5.57 Å². The van der Waals surface area contributed by atoms with Crippen molar-refractivity contribution < 1.29 is 35.9 Å². The number of rotatable bonds is 4. The molecular weight excluding hydrogens is 398 g/mol. The molecule has 2 aromatic carbocycles. The zero-order valence-corrected chi connectivity index (χ0v) is 15.2. The summed E-state index contributed by atoms with van der Waals surface area (Å²) in [6.45, 7) is 0. The fourth-order valence-corrected chi connectivity index (χ4v) is 3.38. The molecule has 0 saturated heterocycles. The van der Waals surface area contributed by atoms with Gasteiger partial charge in [-0.3, -0.25) is 4.79 Å². The van der Waals surface area contributed by atoms with Crippen molar-refractivity contribution in [3.8, 4) is 0 Å². The highest BCUT2D eigenvalue weighted by molar-refractivity contribution is 6.09. The fourth-order valence-electron chi connectivity index (χ4n) is 3.38. The first kappa shape index (κ1) is 21.1. The summed E-state index contributed by atoms with van der Waals surface area (Å²) in [5, 5.41) is 0. The van der Waals surface area contributed by atoms with E-state index >= 15 is 0 Å². The van der Waals surface area contributed by atoms with Crippen LogP contribution in [-0.2, 0) is 17.3 Å². The van der Waals surface area contributed by atoms with Crippen LogP contribution in [0.2, 0.25) is 0 Å². The van der Waals surface area contributed by atoms with Crippen LogP contribution in [0.4, 0.5) is 26.3 Å². The Kier molecular flexibility index (Phi) is 5.58. The van der Waals surface area contributed by atoms with Crippen molar-refractivity contribution in [3.05, 3.63) is 76.4 Å². The van der Waals surface area contributed by atoms with E-state index in [2.05, 4.69) is 0 Å². The zero-order valence-electron chi connectivity index (χ0n) is 15.2. The van der Waals surface area contributed by atoms with Crippen LogP contribution in [0.15, 0.2) is 48.5 Å². The van der Waals surface area contributed by atoms with Gasteiger partial charge in [-0.05, 0) is 53.8 Å². The number of fused-ring (bicyclic) bond motifs is 1. The molecule has 0 fully saturated rings. The molecule has 0 spiro atoms.